The van der Waals surface area contributed by atoms with Crippen LogP contribution in [0.25, 0.3) is 0 Å². The van der Waals surface area contributed by atoms with Crippen molar-refractivity contribution in [3.63, 3.8) is 0 Å². The van der Waals surface area contributed by atoms with E-state index in [0.29, 0.717) is 18.0 Å². The molecule has 6 nitrogen and oxygen atoms in total. The predicted octanol–water partition coefficient (Wildman–Crippen LogP) is 2.90. The lowest BCUT2D eigenvalue weighted by atomic mass is 10.2. The highest BCUT2D eigenvalue weighted by Crippen LogP contribution is 2.23. The zero-order valence-corrected chi connectivity index (χ0v) is 17.9. The Labute approximate surface area is 171 Å². The van der Waals surface area contributed by atoms with Crippen molar-refractivity contribution in [1.29, 1.82) is 0 Å². The Morgan fingerprint density at radius 2 is 1.79 bits per heavy atom. The fourth-order valence-corrected chi connectivity index (χ4v) is 4.69. The first-order valence-electron chi connectivity index (χ1n) is 8.85. The molecule has 0 aliphatic carbocycles. The third kappa shape index (κ3) is 6.45. The van der Waals surface area contributed by atoms with E-state index < -0.39 is 16.1 Å². The summed E-state index contributed by atoms with van der Waals surface area (Å²) in [5.74, 6) is 1.90. The van der Waals surface area contributed by atoms with Crippen molar-refractivity contribution < 1.29 is 17.9 Å². The number of anilines is 1. The summed E-state index contributed by atoms with van der Waals surface area (Å²) in [4.78, 5) is 12.5. The Hall–Kier alpha value is -2.19. The minimum absolute atomic E-state index is 0.332. The van der Waals surface area contributed by atoms with Crippen LogP contribution in [0.4, 0.5) is 5.69 Å². The number of rotatable bonds is 10. The molecular weight excluding hydrogens is 396 g/mol. The van der Waals surface area contributed by atoms with Crippen LogP contribution in [-0.2, 0) is 20.6 Å². The van der Waals surface area contributed by atoms with E-state index in [0.717, 1.165) is 22.1 Å². The van der Waals surface area contributed by atoms with E-state index in [9.17, 15) is 13.2 Å². The highest BCUT2D eigenvalue weighted by Gasteiger charge is 2.28. The van der Waals surface area contributed by atoms with Gasteiger partial charge in [-0.2, -0.15) is 11.8 Å². The number of sulfonamides is 1. The summed E-state index contributed by atoms with van der Waals surface area (Å²) < 4.78 is 30.8. The third-order valence-corrected chi connectivity index (χ3v) is 6.34. The molecule has 1 amide bonds. The molecule has 0 saturated heterocycles. The molecule has 152 valence electrons. The van der Waals surface area contributed by atoms with Gasteiger partial charge in [-0.3, -0.25) is 9.10 Å². The summed E-state index contributed by atoms with van der Waals surface area (Å²) in [6, 6.07) is 15.8. The van der Waals surface area contributed by atoms with E-state index in [1.807, 2.05) is 18.2 Å². The smallest absolute Gasteiger partial charge is 0.243 e. The van der Waals surface area contributed by atoms with Gasteiger partial charge in [-0.25, -0.2) is 8.42 Å². The summed E-state index contributed by atoms with van der Waals surface area (Å²) in [6.45, 7) is 2.05. The quantitative estimate of drug-likeness (QED) is 0.596. The van der Waals surface area contributed by atoms with Gasteiger partial charge in [0.1, 0.15) is 11.8 Å². The number of methoxy groups -OCH3 is 1. The lowest BCUT2D eigenvalue weighted by molar-refractivity contribution is -0.121. The number of amides is 1. The second-order valence-electron chi connectivity index (χ2n) is 6.26. The largest absolute Gasteiger partial charge is 0.497 e. The van der Waals surface area contributed by atoms with Crippen LogP contribution in [0.2, 0.25) is 0 Å². The Balaban J connectivity index is 1.91. The number of carbonyl (C=O) groups is 1. The van der Waals surface area contributed by atoms with E-state index in [-0.39, 0.29) is 5.91 Å². The fourth-order valence-electron chi connectivity index (χ4n) is 2.70. The molecule has 0 heterocycles. The number of hydrogen-bond acceptors (Lipinski definition) is 5. The first kappa shape index (κ1) is 22.1. The van der Waals surface area contributed by atoms with Gasteiger partial charge in [-0.1, -0.05) is 30.3 Å². The van der Waals surface area contributed by atoms with E-state index in [4.69, 9.17) is 4.74 Å². The number of carbonyl (C=O) groups excluding carboxylic acids is 1. The third-order valence-electron chi connectivity index (χ3n) is 4.07. The van der Waals surface area contributed by atoms with Crippen molar-refractivity contribution >= 4 is 33.4 Å². The Morgan fingerprint density at radius 3 is 2.36 bits per heavy atom. The molecule has 2 aromatic carbocycles. The molecule has 1 atom stereocenters. The minimum Gasteiger partial charge on any atom is -0.497 e. The first-order chi connectivity index (χ1) is 13.3. The second kappa shape index (κ2) is 10.4. The van der Waals surface area contributed by atoms with Gasteiger partial charge in [-0.05, 0) is 36.8 Å². The standard InChI is InChI=1S/C20H26N2O4S2/c1-16(20(23)21-13-14-27-15-17-7-5-4-6-8-17)22(28(3,24)25)18-9-11-19(26-2)12-10-18/h4-12,16H,13-15H2,1-3H3,(H,21,23)/t16-/m0/s1. The molecule has 0 spiro atoms. The van der Waals surface area contributed by atoms with Crippen LogP contribution in [0, 0.1) is 0 Å². The number of nitrogens with zero attached hydrogens (tertiary/aromatic N) is 1. The highest BCUT2D eigenvalue weighted by atomic mass is 32.2. The Morgan fingerprint density at radius 1 is 1.14 bits per heavy atom. The molecule has 0 aliphatic heterocycles. The summed E-state index contributed by atoms with van der Waals surface area (Å²) in [6.07, 6.45) is 1.09. The normalized spacial score (nSPS) is 12.2. The van der Waals surface area contributed by atoms with E-state index in [1.54, 1.807) is 43.0 Å². The molecule has 2 rings (SSSR count). The van der Waals surface area contributed by atoms with Crippen LogP contribution in [0.5, 0.6) is 5.75 Å². The molecule has 0 aromatic heterocycles. The van der Waals surface area contributed by atoms with Gasteiger partial charge in [-0.15, -0.1) is 0 Å². The molecule has 0 saturated carbocycles. The van der Waals surface area contributed by atoms with Crippen molar-refractivity contribution in [2.45, 2.75) is 18.7 Å². The van der Waals surface area contributed by atoms with E-state index in [1.165, 1.54) is 12.7 Å². The molecule has 8 heteroatoms. The summed E-state index contributed by atoms with van der Waals surface area (Å²) in [5.41, 5.74) is 1.65. The lowest BCUT2D eigenvalue weighted by Crippen LogP contribution is -2.48. The molecule has 1 N–H and O–H groups in total. The maximum Gasteiger partial charge on any atom is 0.243 e. The predicted molar refractivity (Wildman–Crippen MR) is 115 cm³/mol. The van der Waals surface area contributed by atoms with Crippen LogP contribution in [-0.4, -0.2) is 46.0 Å². The van der Waals surface area contributed by atoms with Crippen LogP contribution in [0.15, 0.2) is 54.6 Å². The zero-order valence-electron chi connectivity index (χ0n) is 16.3. The van der Waals surface area contributed by atoms with Crippen LogP contribution in [0.1, 0.15) is 12.5 Å². The summed E-state index contributed by atoms with van der Waals surface area (Å²) in [5, 5.41) is 2.82. The SMILES string of the molecule is COc1ccc(N([C@@H](C)C(=O)NCCSCc2ccccc2)S(C)(=O)=O)cc1. The number of thioether (sulfide) groups is 1. The first-order valence-corrected chi connectivity index (χ1v) is 11.9. The Kier molecular flexibility index (Phi) is 8.19. The van der Waals surface area contributed by atoms with Gasteiger partial charge in [0.25, 0.3) is 0 Å². The average molecular weight is 423 g/mol. The molecule has 0 radical (unpaired) electrons. The van der Waals surface area contributed by atoms with Gasteiger partial charge in [0.05, 0.1) is 19.1 Å². The van der Waals surface area contributed by atoms with Crippen molar-refractivity contribution in [3.8, 4) is 5.75 Å². The molecular formula is C20H26N2O4S2. The molecule has 0 unspecified atom stereocenters. The van der Waals surface area contributed by atoms with Crippen molar-refractivity contribution in [1.82, 2.24) is 5.32 Å². The monoisotopic (exact) mass is 422 g/mol. The van der Waals surface area contributed by atoms with Gasteiger partial charge in [0, 0.05) is 18.1 Å². The number of hydrogen-bond donors (Lipinski definition) is 1. The fraction of sp³-hybridized carbons (Fsp3) is 0.350. The van der Waals surface area contributed by atoms with Crippen LogP contribution >= 0.6 is 11.8 Å². The van der Waals surface area contributed by atoms with Gasteiger partial charge >= 0.3 is 0 Å². The number of benzene rings is 2. The molecule has 2 aromatic rings. The topological polar surface area (TPSA) is 75.7 Å². The number of ether oxygens (including phenoxy) is 1. The second-order valence-corrected chi connectivity index (χ2v) is 9.23. The molecule has 0 fully saturated rings. The van der Waals surface area contributed by atoms with Crippen molar-refractivity contribution in [2.75, 3.05) is 30.0 Å². The molecule has 28 heavy (non-hydrogen) atoms. The van der Waals surface area contributed by atoms with Gasteiger partial charge in [0.2, 0.25) is 15.9 Å². The van der Waals surface area contributed by atoms with Crippen LogP contribution in [0.3, 0.4) is 0 Å². The maximum absolute atomic E-state index is 12.5. The molecule has 0 aliphatic rings. The van der Waals surface area contributed by atoms with Gasteiger partial charge in [0.15, 0.2) is 0 Å². The van der Waals surface area contributed by atoms with Gasteiger partial charge < -0.3 is 10.1 Å². The average Bonchev–Trinajstić information content (AvgIpc) is 2.68. The van der Waals surface area contributed by atoms with Crippen molar-refractivity contribution in [3.05, 3.63) is 60.2 Å². The maximum atomic E-state index is 12.5. The summed E-state index contributed by atoms with van der Waals surface area (Å²) >= 11 is 1.71. The lowest BCUT2D eigenvalue weighted by Gasteiger charge is -2.28. The zero-order chi connectivity index (χ0) is 20.6. The van der Waals surface area contributed by atoms with E-state index in [2.05, 4.69) is 17.4 Å². The molecule has 0 bridgehead atoms. The number of nitrogens with one attached hydrogen (secondary N) is 1. The van der Waals surface area contributed by atoms with E-state index >= 15 is 0 Å². The minimum atomic E-state index is -3.63. The van der Waals surface area contributed by atoms with Crippen LogP contribution < -0.4 is 14.4 Å². The summed E-state index contributed by atoms with van der Waals surface area (Å²) in [7, 11) is -2.09. The van der Waals surface area contributed by atoms with Crippen molar-refractivity contribution in [2.24, 2.45) is 0 Å². The Bertz CT molecular complexity index is 856. The highest BCUT2D eigenvalue weighted by molar-refractivity contribution is 7.98.